The smallest absolute Gasteiger partial charge is 0.230 e. The van der Waals surface area contributed by atoms with E-state index in [4.69, 9.17) is 4.42 Å². The van der Waals surface area contributed by atoms with E-state index in [0.29, 0.717) is 26.1 Å². The summed E-state index contributed by atoms with van der Waals surface area (Å²) in [6, 6.07) is 7.58. The number of hydrogen-bond acceptors (Lipinski definition) is 9. The van der Waals surface area contributed by atoms with E-state index in [2.05, 4.69) is 20.4 Å². The van der Waals surface area contributed by atoms with Crippen molar-refractivity contribution in [1.29, 1.82) is 0 Å². The van der Waals surface area contributed by atoms with Gasteiger partial charge < -0.3 is 19.5 Å². The summed E-state index contributed by atoms with van der Waals surface area (Å²) >= 11 is 4.46. The number of piperazine rings is 1. The van der Waals surface area contributed by atoms with Crippen LogP contribution >= 0.6 is 34.4 Å². The van der Waals surface area contributed by atoms with Crippen LogP contribution < -0.4 is 10.2 Å². The Morgan fingerprint density at radius 1 is 1.17 bits per heavy atom. The van der Waals surface area contributed by atoms with Crippen LogP contribution in [0.2, 0.25) is 0 Å². The van der Waals surface area contributed by atoms with E-state index < -0.39 is 0 Å². The molecule has 0 unspecified atom stereocenters. The number of aromatic nitrogens is 2. The second-order valence-electron chi connectivity index (χ2n) is 6.62. The lowest BCUT2D eigenvalue weighted by atomic mass is 10.2. The molecule has 4 heterocycles. The highest BCUT2D eigenvalue weighted by Gasteiger charge is 2.23. The van der Waals surface area contributed by atoms with Gasteiger partial charge in [-0.25, -0.2) is 0 Å². The molecule has 0 atom stereocenters. The molecule has 30 heavy (non-hydrogen) atoms. The van der Waals surface area contributed by atoms with Gasteiger partial charge in [0, 0.05) is 31.1 Å². The second kappa shape index (κ2) is 10.1. The van der Waals surface area contributed by atoms with Crippen molar-refractivity contribution in [2.24, 2.45) is 0 Å². The van der Waals surface area contributed by atoms with Crippen molar-refractivity contribution < 1.29 is 14.0 Å². The highest BCUT2D eigenvalue weighted by molar-refractivity contribution is 8.01. The van der Waals surface area contributed by atoms with Crippen LogP contribution in [0.1, 0.15) is 10.6 Å². The van der Waals surface area contributed by atoms with Crippen LogP contribution in [0.25, 0.3) is 0 Å². The molecule has 0 aliphatic carbocycles. The Kier molecular flexibility index (Phi) is 7.03. The fourth-order valence-corrected chi connectivity index (χ4v) is 5.41. The number of rotatable bonds is 8. The first-order valence-electron chi connectivity index (χ1n) is 9.48. The fraction of sp³-hybridized carbons (Fsp3) is 0.368. The van der Waals surface area contributed by atoms with Gasteiger partial charge in [-0.15, -0.1) is 21.5 Å². The zero-order valence-electron chi connectivity index (χ0n) is 16.2. The number of carbonyl (C=O) groups is 2. The minimum absolute atomic E-state index is 0.0778. The maximum absolute atomic E-state index is 12.4. The minimum Gasteiger partial charge on any atom is -0.467 e. The van der Waals surface area contributed by atoms with Crippen LogP contribution in [0.15, 0.2) is 44.7 Å². The van der Waals surface area contributed by atoms with Crippen LogP contribution in [-0.4, -0.2) is 58.8 Å². The van der Waals surface area contributed by atoms with Gasteiger partial charge in [0.25, 0.3) is 0 Å². The standard InChI is InChI=1S/C19H21N5O3S3/c25-16(20-12-14-3-1-9-27-14)13-29-19-22-21-18(30-19)24-7-5-23(6-8-24)17(26)11-15-4-2-10-28-15/h1-4,9-10H,5-8,11-13H2,(H,20,25). The van der Waals surface area contributed by atoms with Crippen molar-refractivity contribution in [3.05, 3.63) is 46.5 Å². The number of amides is 2. The summed E-state index contributed by atoms with van der Waals surface area (Å²) in [4.78, 5) is 29.6. The molecule has 1 saturated heterocycles. The van der Waals surface area contributed by atoms with Gasteiger partial charge in [0.05, 0.1) is 25.0 Å². The summed E-state index contributed by atoms with van der Waals surface area (Å²) in [7, 11) is 0. The van der Waals surface area contributed by atoms with E-state index in [-0.39, 0.29) is 17.6 Å². The Hall–Kier alpha value is -2.37. The number of nitrogens with zero attached hydrogens (tertiary/aromatic N) is 4. The molecule has 0 spiro atoms. The van der Waals surface area contributed by atoms with Gasteiger partial charge >= 0.3 is 0 Å². The molecular formula is C19H21N5O3S3. The van der Waals surface area contributed by atoms with Crippen molar-refractivity contribution in [2.45, 2.75) is 17.3 Å². The van der Waals surface area contributed by atoms with Gasteiger partial charge in [-0.3, -0.25) is 9.59 Å². The van der Waals surface area contributed by atoms with Gasteiger partial charge in [0.1, 0.15) is 5.76 Å². The average molecular weight is 464 g/mol. The van der Waals surface area contributed by atoms with Crippen LogP contribution in [-0.2, 0) is 22.6 Å². The SMILES string of the molecule is O=C(CSc1nnc(N2CCN(C(=O)Cc3cccs3)CC2)s1)NCc1ccco1. The molecule has 0 bridgehead atoms. The van der Waals surface area contributed by atoms with Crippen molar-refractivity contribution in [1.82, 2.24) is 20.4 Å². The fourth-order valence-electron chi connectivity index (χ4n) is 2.99. The van der Waals surface area contributed by atoms with E-state index in [1.165, 1.54) is 23.1 Å². The largest absolute Gasteiger partial charge is 0.467 e. The Balaban J connectivity index is 1.20. The predicted molar refractivity (Wildman–Crippen MR) is 118 cm³/mol. The molecule has 0 saturated carbocycles. The molecule has 4 rings (SSSR count). The summed E-state index contributed by atoms with van der Waals surface area (Å²) < 4.78 is 5.95. The molecule has 1 fully saturated rings. The number of furan rings is 1. The second-order valence-corrected chi connectivity index (χ2v) is 9.83. The average Bonchev–Trinajstić information content (AvgIpc) is 3.54. The quantitative estimate of drug-likeness (QED) is 0.513. The number of hydrogen-bond donors (Lipinski definition) is 1. The van der Waals surface area contributed by atoms with Gasteiger partial charge in [0.2, 0.25) is 16.9 Å². The van der Waals surface area contributed by atoms with Gasteiger partial charge in [0.15, 0.2) is 4.34 Å². The molecule has 1 aliphatic heterocycles. The predicted octanol–water partition coefficient (Wildman–Crippen LogP) is 2.49. The third-order valence-electron chi connectivity index (χ3n) is 4.57. The maximum Gasteiger partial charge on any atom is 0.230 e. The molecule has 0 aromatic carbocycles. The molecule has 1 N–H and O–H groups in total. The van der Waals surface area contributed by atoms with E-state index in [0.717, 1.165) is 33.2 Å². The highest BCUT2D eigenvalue weighted by atomic mass is 32.2. The summed E-state index contributed by atoms with van der Waals surface area (Å²) in [5, 5.41) is 14.1. The van der Waals surface area contributed by atoms with E-state index in [1.54, 1.807) is 23.7 Å². The lowest BCUT2D eigenvalue weighted by Crippen LogP contribution is -2.49. The van der Waals surface area contributed by atoms with E-state index in [9.17, 15) is 9.59 Å². The summed E-state index contributed by atoms with van der Waals surface area (Å²) in [6.07, 6.45) is 2.05. The number of nitrogens with one attached hydrogen (secondary N) is 1. The molecule has 3 aromatic rings. The number of anilines is 1. The molecule has 1 aliphatic rings. The topological polar surface area (TPSA) is 91.6 Å². The summed E-state index contributed by atoms with van der Waals surface area (Å²) in [6.45, 7) is 3.21. The van der Waals surface area contributed by atoms with E-state index in [1.807, 2.05) is 28.5 Å². The molecule has 11 heteroatoms. The van der Waals surface area contributed by atoms with Crippen molar-refractivity contribution in [3.63, 3.8) is 0 Å². The van der Waals surface area contributed by atoms with Crippen LogP contribution in [0.4, 0.5) is 5.13 Å². The van der Waals surface area contributed by atoms with Crippen LogP contribution in [0.3, 0.4) is 0 Å². The van der Waals surface area contributed by atoms with Crippen molar-refractivity contribution in [2.75, 3.05) is 36.8 Å². The Morgan fingerprint density at radius 2 is 2.03 bits per heavy atom. The molecule has 2 amide bonds. The van der Waals surface area contributed by atoms with Crippen molar-refractivity contribution >= 4 is 51.4 Å². The van der Waals surface area contributed by atoms with Gasteiger partial charge in [-0.2, -0.15) is 0 Å². The first-order valence-corrected chi connectivity index (χ1v) is 12.2. The molecular weight excluding hydrogens is 442 g/mol. The third kappa shape index (κ3) is 5.61. The number of thiophene rings is 1. The lowest BCUT2D eigenvalue weighted by Gasteiger charge is -2.34. The zero-order chi connectivity index (χ0) is 20.8. The summed E-state index contributed by atoms with van der Waals surface area (Å²) in [5.41, 5.74) is 0. The number of carbonyl (C=O) groups excluding carboxylic acids is 2. The molecule has 8 nitrogen and oxygen atoms in total. The van der Waals surface area contributed by atoms with Crippen LogP contribution in [0, 0.1) is 0 Å². The molecule has 3 aromatic heterocycles. The maximum atomic E-state index is 12.4. The summed E-state index contributed by atoms with van der Waals surface area (Å²) in [5.74, 6) is 1.09. The highest BCUT2D eigenvalue weighted by Crippen LogP contribution is 2.28. The normalized spacial score (nSPS) is 14.1. The van der Waals surface area contributed by atoms with Crippen LogP contribution in [0.5, 0.6) is 0 Å². The molecule has 0 radical (unpaired) electrons. The van der Waals surface area contributed by atoms with Gasteiger partial charge in [-0.05, 0) is 23.6 Å². The zero-order valence-corrected chi connectivity index (χ0v) is 18.6. The first-order chi connectivity index (χ1) is 14.7. The Bertz CT molecular complexity index is 950. The lowest BCUT2D eigenvalue weighted by molar-refractivity contribution is -0.130. The Morgan fingerprint density at radius 3 is 2.77 bits per heavy atom. The Labute approximate surface area is 186 Å². The van der Waals surface area contributed by atoms with E-state index >= 15 is 0 Å². The third-order valence-corrected chi connectivity index (χ3v) is 7.56. The number of thioether (sulfide) groups is 1. The molecule has 158 valence electrons. The minimum atomic E-state index is -0.0778. The first kappa shape index (κ1) is 20.9. The van der Waals surface area contributed by atoms with Crippen molar-refractivity contribution in [3.8, 4) is 0 Å². The monoisotopic (exact) mass is 463 g/mol. The van der Waals surface area contributed by atoms with Gasteiger partial charge in [-0.1, -0.05) is 29.2 Å².